The molecule has 0 unspecified atom stereocenters. The maximum absolute atomic E-state index is 13.1. The summed E-state index contributed by atoms with van der Waals surface area (Å²) in [6, 6.07) is 11.5. The Labute approximate surface area is 207 Å². The van der Waals surface area contributed by atoms with Gasteiger partial charge in [-0.1, -0.05) is 38.4 Å². The predicted octanol–water partition coefficient (Wildman–Crippen LogP) is 3.48. The van der Waals surface area contributed by atoms with Gasteiger partial charge in [-0.15, -0.1) is 0 Å². The zero-order chi connectivity index (χ0) is 25.5. The summed E-state index contributed by atoms with van der Waals surface area (Å²) in [5, 5.41) is 4.61. The van der Waals surface area contributed by atoms with Crippen LogP contribution >= 0.6 is 11.6 Å². The first-order chi connectivity index (χ1) is 16.4. The van der Waals surface area contributed by atoms with Gasteiger partial charge in [-0.05, 0) is 36.4 Å². The number of amides is 1. The van der Waals surface area contributed by atoms with Crippen molar-refractivity contribution in [3.8, 4) is 11.4 Å². The van der Waals surface area contributed by atoms with E-state index in [1.165, 1.54) is 23.9 Å². The first-order valence-electron chi connectivity index (χ1n) is 10.4. The number of hydrogen-bond acceptors (Lipinski definition) is 8. The lowest BCUT2D eigenvalue weighted by Gasteiger charge is -2.19. The molecular weight excluding hydrogens is 492 g/mol. The molecule has 182 valence electrons. The van der Waals surface area contributed by atoms with E-state index in [1.54, 1.807) is 36.5 Å². The number of anilines is 1. The number of benzene rings is 1. The zero-order valence-corrected chi connectivity index (χ0v) is 21.0. The summed E-state index contributed by atoms with van der Waals surface area (Å²) in [6.45, 7) is 5.70. The molecule has 0 saturated heterocycles. The van der Waals surface area contributed by atoms with Gasteiger partial charge in [-0.25, -0.2) is 19.4 Å². The minimum atomic E-state index is -4.36. The Morgan fingerprint density at radius 2 is 1.86 bits per heavy atom. The van der Waals surface area contributed by atoms with Gasteiger partial charge >= 0.3 is 0 Å². The molecule has 0 saturated carbocycles. The highest BCUT2D eigenvalue weighted by Gasteiger charge is 2.28. The predicted molar refractivity (Wildman–Crippen MR) is 132 cm³/mol. The van der Waals surface area contributed by atoms with Gasteiger partial charge in [-0.3, -0.25) is 4.79 Å². The second kappa shape index (κ2) is 8.82. The lowest BCUT2D eigenvalue weighted by atomic mass is 9.92. The van der Waals surface area contributed by atoms with Crippen LogP contribution in [0.25, 0.3) is 16.6 Å². The standard InChI is InChI=1S/C23H23ClN6O4S/c1-23(2,3)19-11-10-18(34-4)22(27-19)35(32,33)29-21(31)16-9-8-13-15(26-16)6-5-7-17(13)30-12-14(25)20(24)28-30/h5-12H,25H2,1-4H3,(H,29,31). The van der Waals surface area contributed by atoms with E-state index in [4.69, 9.17) is 22.1 Å². The first kappa shape index (κ1) is 24.4. The van der Waals surface area contributed by atoms with Gasteiger partial charge in [0, 0.05) is 16.5 Å². The van der Waals surface area contributed by atoms with Crippen LogP contribution < -0.4 is 15.2 Å². The molecule has 12 heteroatoms. The number of carbonyl (C=O) groups is 1. The summed E-state index contributed by atoms with van der Waals surface area (Å²) in [5.41, 5.74) is 7.22. The maximum Gasteiger partial charge on any atom is 0.285 e. The number of nitrogens with zero attached hydrogens (tertiary/aromatic N) is 4. The Kier molecular flexibility index (Phi) is 6.16. The van der Waals surface area contributed by atoms with E-state index in [0.717, 1.165) is 0 Å². The normalized spacial score (nSPS) is 12.0. The van der Waals surface area contributed by atoms with Crippen LogP contribution in [-0.4, -0.2) is 41.2 Å². The molecule has 1 amide bonds. The highest BCUT2D eigenvalue weighted by molar-refractivity contribution is 7.90. The number of nitrogens with two attached hydrogens (primary N) is 1. The second-order valence-corrected chi connectivity index (χ2v) is 10.7. The number of halogens is 1. The van der Waals surface area contributed by atoms with E-state index in [0.29, 0.717) is 28.0 Å². The van der Waals surface area contributed by atoms with Crippen LogP contribution in [0.1, 0.15) is 37.0 Å². The molecule has 0 bridgehead atoms. The highest BCUT2D eigenvalue weighted by Crippen LogP contribution is 2.28. The summed E-state index contributed by atoms with van der Waals surface area (Å²) >= 11 is 5.97. The van der Waals surface area contributed by atoms with Crippen molar-refractivity contribution >= 4 is 44.1 Å². The lowest BCUT2D eigenvalue weighted by molar-refractivity contribution is 0.0977. The van der Waals surface area contributed by atoms with Crippen molar-refractivity contribution in [2.75, 3.05) is 12.8 Å². The SMILES string of the molecule is COc1ccc(C(C)(C)C)nc1S(=O)(=O)NC(=O)c1ccc2c(-n3cc(N)c(Cl)n3)cccc2n1. The molecule has 35 heavy (non-hydrogen) atoms. The molecule has 0 aliphatic rings. The van der Waals surface area contributed by atoms with Crippen molar-refractivity contribution in [2.24, 2.45) is 0 Å². The summed E-state index contributed by atoms with van der Waals surface area (Å²) in [5.74, 6) is -0.889. The van der Waals surface area contributed by atoms with E-state index in [2.05, 4.69) is 15.1 Å². The van der Waals surface area contributed by atoms with Crippen molar-refractivity contribution in [3.05, 3.63) is 65.2 Å². The highest BCUT2D eigenvalue weighted by atomic mass is 35.5. The van der Waals surface area contributed by atoms with Gasteiger partial charge < -0.3 is 10.5 Å². The molecule has 3 N–H and O–H groups in total. The smallest absolute Gasteiger partial charge is 0.285 e. The Morgan fingerprint density at radius 1 is 1.11 bits per heavy atom. The summed E-state index contributed by atoms with van der Waals surface area (Å²) in [4.78, 5) is 21.5. The number of hydrogen-bond donors (Lipinski definition) is 2. The number of rotatable bonds is 5. The van der Waals surface area contributed by atoms with Crippen LogP contribution in [-0.2, 0) is 15.4 Å². The zero-order valence-electron chi connectivity index (χ0n) is 19.4. The number of nitrogens with one attached hydrogen (secondary N) is 1. The van der Waals surface area contributed by atoms with E-state index >= 15 is 0 Å². The quantitative estimate of drug-likeness (QED) is 0.412. The molecule has 3 aromatic heterocycles. The van der Waals surface area contributed by atoms with Crippen LogP contribution in [0.3, 0.4) is 0 Å². The fraction of sp³-hybridized carbons (Fsp3) is 0.217. The van der Waals surface area contributed by atoms with E-state index < -0.39 is 21.3 Å². The van der Waals surface area contributed by atoms with Crippen LogP contribution in [0.5, 0.6) is 5.75 Å². The van der Waals surface area contributed by atoms with Crippen LogP contribution in [0, 0.1) is 0 Å². The fourth-order valence-corrected chi connectivity index (χ4v) is 4.58. The molecule has 0 aliphatic carbocycles. The number of nitrogen functional groups attached to an aromatic ring is 1. The average molecular weight is 515 g/mol. The van der Waals surface area contributed by atoms with E-state index in [9.17, 15) is 13.2 Å². The Morgan fingerprint density at radius 3 is 2.49 bits per heavy atom. The molecule has 0 radical (unpaired) electrons. The largest absolute Gasteiger partial charge is 0.494 e. The maximum atomic E-state index is 13.1. The minimum absolute atomic E-state index is 0.0200. The minimum Gasteiger partial charge on any atom is -0.494 e. The van der Waals surface area contributed by atoms with E-state index in [-0.39, 0.29) is 21.6 Å². The third-order valence-corrected chi connectivity index (χ3v) is 6.73. The van der Waals surface area contributed by atoms with Crippen molar-refractivity contribution < 1.29 is 17.9 Å². The van der Waals surface area contributed by atoms with Crippen LogP contribution in [0.2, 0.25) is 5.15 Å². The van der Waals surface area contributed by atoms with Gasteiger partial charge in [0.1, 0.15) is 5.69 Å². The van der Waals surface area contributed by atoms with Crippen LogP contribution in [0.4, 0.5) is 5.69 Å². The number of sulfonamides is 1. The monoisotopic (exact) mass is 514 g/mol. The number of fused-ring (bicyclic) bond motifs is 1. The molecule has 1 aromatic carbocycles. The topological polar surface area (TPSA) is 142 Å². The van der Waals surface area contributed by atoms with Gasteiger partial charge in [0.2, 0.25) is 5.03 Å². The Bertz CT molecular complexity index is 1540. The number of aromatic nitrogens is 4. The number of ether oxygens (including phenoxy) is 1. The Balaban J connectivity index is 1.69. The van der Waals surface area contributed by atoms with E-state index in [1.807, 2.05) is 25.5 Å². The number of methoxy groups -OCH3 is 1. The fourth-order valence-electron chi connectivity index (χ4n) is 3.37. The lowest BCUT2D eigenvalue weighted by Crippen LogP contribution is -2.32. The summed E-state index contributed by atoms with van der Waals surface area (Å²) in [6.07, 6.45) is 1.57. The molecule has 0 fully saturated rings. The summed E-state index contributed by atoms with van der Waals surface area (Å²) < 4.78 is 34.9. The number of carbonyl (C=O) groups excluding carboxylic acids is 1. The van der Waals surface area contributed by atoms with Crippen molar-refractivity contribution in [1.82, 2.24) is 24.5 Å². The molecule has 0 aliphatic heterocycles. The third-order valence-electron chi connectivity index (χ3n) is 5.18. The molecular formula is C23H23ClN6O4S. The molecule has 3 heterocycles. The van der Waals surface area contributed by atoms with Gasteiger partial charge in [0.25, 0.3) is 15.9 Å². The molecule has 4 rings (SSSR count). The number of pyridine rings is 2. The molecule has 10 nitrogen and oxygen atoms in total. The van der Waals surface area contributed by atoms with Crippen molar-refractivity contribution in [1.29, 1.82) is 0 Å². The van der Waals surface area contributed by atoms with Crippen molar-refractivity contribution in [2.45, 2.75) is 31.2 Å². The molecule has 4 aromatic rings. The van der Waals surface area contributed by atoms with Crippen molar-refractivity contribution in [3.63, 3.8) is 0 Å². The van der Waals surface area contributed by atoms with Gasteiger partial charge in [0.15, 0.2) is 10.9 Å². The first-order valence-corrected chi connectivity index (χ1v) is 12.3. The van der Waals surface area contributed by atoms with Crippen LogP contribution in [0.15, 0.2) is 53.7 Å². The molecule has 0 spiro atoms. The molecule has 0 atom stereocenters. The van der Waals surface area contributed by atoms with Gasteiger partial charge in [-0.2, -0.15) is 13.5 Å². The van der Waals surface area contributed by atoms with Gasteiger partial charge in [0.05, 0.1) is 30.2 Å². The summed E-state index contributed by atoms with van der Waals surface area (Å²) in [7, 11) is -3.03. The second-order valence-electron chi connectivity index (χ2n) is 8.75. The third kappa shape index (κ3) is 4.77. The average Bonchev–Trinajstić information content (AvgIpc) is 3.14. The Hall–Kier alpha value is -3.70.